The summed E-state index contributed by atoms with van der Waals surface area (Å²) in [6.07, 6.45) is 10.8. The molecule has 142 valence electrons. The molecule has 0 fully saturated rings. The van der Waals surface area contributed by atoms with Crippen molar-refractivity contribution >= 4 is 53.1 Å². The number of unbranched alkanes of at least 4 members (excludes halogenated alkanes) is 6. The molecule has 4 N–H and O–H groups in total. The molecule has 0 aromatic rings. The van der Waals surface area contributed by atoms with E-state index in [-0.39, 0.29) is 22.3 Å². The highest BCUT2D eigenvalue weighted by Crippen LogP contribution is 2.48. The molecule has 0 aromatic carbocycles. The standard InChI is InChI=1S/C16H32N2O2S4/c1-3-5-7-9-11-13(15(17)19)21-23-24-22-14(16(18)20)12-10-8-6-4-2/h13-14H,3-12H2,1-2H3,(H2,17,19)(H2,18,20). The van der Waals surface area contributed by atoms with E-state index in [1.165, 1.54) is 66.9 Å². The fourth-order valence-electron chi connectivity index (χ4n) is 2.12. The fourth-order valence-corrected chi connectivity index (χ4v) is 9.01. The molecule has 8 heteroatoms. The zero-order valence-corrected chi connectivity index (χ0v) is 18.1. The molecule has 0 aliphatic rings. The maximum atomic E-state index is 11.5. The van der Waals surface area contributed by atoms with Crippen LogP contribution >= 0.6 is 41.2 Å². The SMILES string of the molecule is CCCCCCC(SSSSC(CCCCCC)C(N)=O)C(N)=O. The first-order valence-corrected chi connectivity index (χ1v) is 13.7. The first-order chi connectivity index (χ1) is 11.5. The van der Waals surface area contributed by atoms with Crippen molar-refractivity contribution < 1.29 is 9.59 Å². The topological polar surface area (TPSA) is 86.2 Å². The molecule has 0 heterocycles. The van der Waals surface area contributed by atoms with E-state index in [4.69, 9.17) is 11.5 Å². The lowest BCUT2D eigenvalue weighted by Gasteiger charge is -2.13. The van der Waals surface area contributed by atoms with Gasteiger partial charge in [-0.3, -0.25) is 9.59 Å². The van der Waals surface area contributed by atoms with Gasteiger partial charge in [0, 0.05) is 0 Å². The zero-order valence-electron chi connectivity index (χ0n) is 14.8. The Labute approximate surface area is 162 Å². The molecule has 0 aliphatic carbocycles. The van der Waals surface area contributed by atoms with Crippen LogP contribution in [0.4, 0.5) is 0 Å². The van der Waals surface area contributed by atoms with E-state index in [9.17, 15) is 9.59 Å². The van der Waals surface area contributed by atoms with Gasteiger partial charge in [0.1, 0.15) is 0 Å². The van der Waals surface area contributed by atoms with Crippen LogP contribution in [-0.4, -0.2) is 22.3 Å². The Bertz CT molecular complexity index is 314. The van der Waals surface area contributed by atoms with Gasteiger partial charge < -0.3 is 11.5 Å². The van der Waals surface area contributed by atoms with Gasteiger partial charge in [-0.25, -0.2) is 0 Å². The molecular weight excluding hydrogens is 380 g/mol. The van der Waals surface area contributed by atoms with Gasteiger partial charge in [0.15, 0.2) is 0 Å². The van der Waals surface area contributed by atoms with Crippen LogP contribution in [0.5, 0.6) is 0 Å². The summed E-state index contributed by atoms with van der Waals surface area (Å²) in [6, 6.07) is 0. The lowest BCUT2D eigenvalue weighted by Crippen LogP contribution is -2.25. The van der Waals surface area contributed by atoms with E-state index in [2.05, 4.69) is 13.8 Å². The van der Waals surface area contributed by atoms with Crippen LogP contribution < -0.4 is 11.5 Å². The summed E-state index contributed by atoms with van der Waals surface area (Å²) in [5.41, 5.74) is 10.9. The maximum absolute atomic E-state index is 11.5. The second-order valence-corrected chi connectivity index (χ2v) is 12.0. The Morgan fingerprint density at radius 1 is 0.708 bits per heavy atom. The largest absolute Gasteiger partial charge is 0.369 e. The second kappa shape index (κ2) is 16.8. The van der Waals surface area contributed by atoms with Crippen molar-refractivity contribution in [3.63, 3.8) is 0 Å². The molecule has 2 amide bonds. The summed E-state index contributed by atoms with van der Waals surface area (Å²) in [4.78, 5) is 23.0. The predicted octanol–water partition coefficient (Wildman–Crippen LogP) is 5.31. The Hall–Kier alpha value is 0.340. The van der Waals surface area contributed by atoms with Crippen LogP contribution in [0, 0.1) is 0 Å². The lowest BCUT2D eigenvalue weighted by atomic mass is 10.1. The van der Waals surface area contributed by atoms with Crippen LogP contribution in [0.3, 0.4) is 0 Å². The molecule has 0 radical (unpaired) electrons. The molecule has 0 aromatic heterocycles. The number of primary amides is 2. The van der Waals surface area contributed by atoms with Crippen LogP contribution in [0.25, 0.3) is 0 Å². The van der Waals surface area contributed by atoms with Gasteiger partial charge in [-0.2, -0.15) is 0 Å². The molecule has 0 saturated heterocycles. The molecule has 2 unspecified atom stereocenters. The third-order valence-electron chi connectivity index (χ3n) is 3.61. The average Bonchev–Trinajstić information content (AvgIpc) is 2.54. The van der Waals surface area contributed by atoms with Gasteiger partial charge >= 0.3 is 0 Å². The van der Waals surface area contributed by atoms with E-state index in [1.54, 1.807) is 0 Å². The van der Waals surface area contributed by atoms with Crippen molar-refractivity contribution in [2.24, 2.45) is 11.5 Å². The summed E-state index contributed by atoms with van der Waals surface area (Å²) in [6.45, 7) is 4.34. The monoisotopic (exact) mass is 412 g/mol. The molecule has 0 aliphatic heterocycles. The van der Waals surface area contributed by atoms with E-state index in [0.29, 0.717) is 0 Å². The van der Waals surface area contributed by atoms with Crippen molar-refractivity contribution in [2.45, 2.75) is 88.6 Å². The van der Waals surface area contributed by atoms with Crippen LogP contribution in [-0.2, 0) is 9.59 Å². The van der Waals surface area contributed by atoms with E-state index >= 15 is 0 Å². The van der Waals surface area contributed by atoms with Gasteiger partial charge in [0.05, 0.1) is 10.5 Å². The molecule has 0 bridgehead atoms. The Kier molecular flexibility index (Phi) is 17.0. The maximum Gasteiger partial charge on any atom is 0.231 e. The minimum atomic E-state index is -0.249. The van der Waals surface area contributed by atoms with Gasteiger partial charge in [0.2, 0.25) is 11.8 Å². The smallest absolute Gasteiger partial charge is 0.231 e. The first-order valence-electron chi connectivity index (χ1n) is 8.77. The number of amides is 2. The zero-order chi connectivity index (χ0) is 18.2. The minimum absolute atomic E-state index is 0.156. The second-order valence-electron chi connectivity index (χ2n) is 5.81. The predicted molar refractivity (Wildman–Crippen MR) is 114 cm³/mol. The molecule has 0 spiro atoms. The molecule has 2 atom stereocenters. The Morgan fingerprint density at radius 3 is 1.38 bits per heavy atom. The summed E-state index contributed by atoms with van der Waals surface area (Å²) in [7, 11) is 6.07. The average molecular weight is 413 g/mol. The number of carbonyl (C=O) groups excluding carboxylic acids is 2. The lowest BCUT2D eigenvalue weighted by molar-refractivity contribution is -0.118. The van der Waals surface area contributed by atoms with Gasteiger partial charge in [-0.15, -0.1) is 0 Å². The number of hydrogen-bond donors (Lipinski definition) is 2. The van der Waals surface area contributed by atoms with Crippen molar-refractivity contribution in [3.8, 4) is 0 Å². The minimum Gasteiger partial charge on any atom is -0.369 e. The molecule has 24 heavy (non-hydrogen) atoms. The van der Waals surface area contributed by atoms with Crippen molar-refractivity contribution in [1.82, 2.24) is 0 Å². The number of hydrogen-bond acceptors (Lipinski definition) is 6. The van der Waals surface area contributed by atoms with Gasteiger partial charge in [0.25, 0.3) is 0 Å². The highest BCUT2D eigenvalue weighted by Gasteiger charge is 2.19. The van der Waals surface area contributed by atoms with E-state index in [0.717, 1.165) is 38.5 Å². The Morgan fingerprint density at radius 2 is 1.08 bits per heavy atom. The van der Waals surface area contributed by atoms with Crippen molar-refractivity contribution in [1.29, 1.82) is 0 Å². The highest BCUT2D eigenvalue weighted by molar-refractivity contribution is 9.26. The van der Waals surface area contributed by atoms with Crippen LogP contribution in [0.1, 0.15) is 78.1 Å². The van der Waals surface area contributed by atoms with E-state index < -0.39 is 0 Å². The number of nitrogens with two attached hydrogens (primary N) is 2. The summed E-state index contributed by atoms with van der Waals surface area (Å²) < 4.78 is 0. The molecule has 0 saturated carbocycles. The summed E-state index contributed by atoms with van der Waals surface area (Å²) in [5.74, 6) is -0.499. The molecule has 0 rings (SSSR count). The van der Waals surface area contributed by atoms with Gasteiger partial charge in [-0.1, -0.05) is 86.8 Å². The number of rotatable bonds is 17. The number of carbonyl (C=O) groups is 2. The van der Waals surface area contributed by atoms with Crippen LogP contribution in [0.15, 0.2) is 0 Å². The quantitative estimate of drug-likeness (QED) is 0.248. The Balaban J connectivity index is 3.96. The third-order valence-corrected chi connectivity index (χ3v) is 10.7. The summed E-state index contributed by atoms with van der Waals surface area (Å²) in [5, 5.41) is -0.312. The summed E-state index contributed by atoms with van der Waals surface area (Å²) >= 11 is 0. The highest BCUT2D eigenvalue weighted by atomic mass is 33.7. The van der Waals surface area contributed by atoms with E-state index in [1.807, 2.05) is 0 Å². The van der Waals surface area contributed by atoms with Crippen molar-refractivity contribution in [2.75, 3.05) is 0 Å². The van der Waals surface area contributed by atoms with Crippen molar-refractivity contribution in [3.05, 3.63) is 0 Å². The molecule has 4 nitrogen and oxygen atoms in total. The molecular formula is C16H32N2O2S4. The van der Waals surface area contributed by atoms with Gasteiger partial charge in [-0.05, 0) is 32.5 Å². The fraction of sp³-hybridized carbons (Fsp3) is 0.875. The first kappa shape index (κ1) is 24.3. The van der Waals surface area contributed by atoms with Crippen LogP contribution in [0.2, 0.25) is 0 Å². The normalized spacial score (nSPS) is 13.6. The third kappa shape index (κ3) is 13.6.